The Hall–Kier alpha value is -2.50. The van der Waals surface area contributed by atoms with E-state index in [-0.39, 0.29) is 11.8 Å². The first-order chi connectivity index (χ1) is 14.6. The third kappa shape index (κ3) is 3.40. The Morgan fingerprint density at radius 3 is 2.65 bits per heavy atom. The van der Waals surface area contributed by atoms with E-state index in [4.69, 9.17) is 23.2 Å². The number of carbonyl (C=O) groups excluding carboxylic acids is 2. The summed E-state index contributed by atoms with van der Waals surface area (Å²) in [4.78, 5) is 28.4. The number of fused-ring (bicyclic) bond motifs is 1. The highest BCUT2D eigenvalue weighted by molar-refractivity contribution is 6.42. The molecule has 1 saturated heterocycles. The Morgan fingerprint density at radius 1 is 1.19 bits per heavy atom. The zero-order valence-electron chi connectivity index (χ0n) is 17.8. The van der Waals surface area contributed by atoms with Gasteiger partial charge in [0.05, 0.1) is 21.0 Å². The Labute approximate surface area is 192 Å². The maximum atomic E-state index is 12.7. The van der Waals surface area contributed by atoms with Crippen molar-refractivity contribution in [3.05, 3.63) is 70.2 Å². The Morgan fingerprint density at radius 2 is 1.94 bits per heavy atom. The summed E-state index contributed by atoms with van der Waals surface area (Å²) in [5.41, 5.74) is 2.38. The lowest BCUT2D eigenvalue weighted by Gasteiger charge is -2.33. The molecule has 4 rings (SSSR count). The summed E-state index contributed by atoms with van der Waals surface area (Å²) in [5.74, 6) is -0.0567. The van der Waals surface area contributed by atoms with Gasteiger partial charge in [-0.1, -0.05) is 48.0 Å². The molecule has 1 N–H and O–H groups in total. The number of nitrogens with zero attached hydrogens (tertiary/aromatic N) is 2. The van der Waals surface area contributed by atoms with Crippen LogP contribution in [0.2, 0.25) is 10.0 Å². The van der Waals surface area contributed by atoms with E-state index in [2.05, 4.69) is 11.9 Å². The van der Waals surface area contributed by atoms with Crippen LogP contribution in [0.5, 0.6) is 0 Å². The van der Waals surface area contributed by atoms with Gasteiger partial charge in [0.15, 0.2) is 0 Å². The second kappa shape index (κ2) is 7.57. The molecule has 31 heavy (non-hydrogen) atoms. The number of anilines is 2. The minimum Gasteiger partial charge on any atom is -0.374 e. The van der Waals surface area contributed by atoms with Gasteiger partial charge in [-0.25, -0.2) is 0 Å². The number of carbonyl (C=O) groups is 2. The van der Waals surface area contributed by atoms with Crippen molar-refractivity contribution in [2.75, 3.05) is 30.4 Å². The predicted octanol–water partition coefficient (Wildman–Crippen LogP) is 4.97. The van der Waals surface area contributed by atoms with E-state index in [0.29, 0.717) is 29.6 Å². The number of hydrogen-bond donors (Lipinski definition) is 1. The topological polar surface area (TPSA) is 52.7 Å². The average Bonchev–Trinajstić information content (AvgIpc) is 3.24. The molecule has 0 saturated carbocycles. The first-order valence-electron chi connectivity index (χ1n) is 10.2. The van der Waals surface area contributed by atoms with Crippen LogP contribution in [0.3, 0.4) is 0 Å². The van der Waals surface area contributed by atoms with Crippen molar-refractivity contribution in [1.29, 1.82) is 0 Å². The molecule has 1 atom stereocenters. The molecular formula is C24H25Cl2N3O2. The minimum atomic E-state index is -0.619. The summed E-state index contributed by atoms with van der Waals surface area (Å²) in [5, 5.41) is 4.57. The molecule has 0 spiro atoms. The molecule has 0 radical (unpaired) electrons. The van der Waals surface area contributed by atoms with Crippen LogP contribution in [0.1, 0.15) is 31.4 Å². The first-order valence-corrected chi connectivity index (χ1v) is 10.9. The molecule has 2 heterocycles. The molecule has 2 aliphatic rings. The number of nitrogens with one attached hydrogen (secondary N) is 1. The number of halogens is 2. The summed E-state index contributed by atoms with van der Waals surface area (Å²) in [6.45, 7) is 8.48. The fourth-order valence-corrected chi connectivity index (χ4v) is 5.21. The van der Waals surface area contributed by atoms with Gasteiger partial charge in [0.2, 0.25) is 11.8 Å². The molecule has 5 nitrogen and oxygen atoms in total. The molecular weight excluding hydrogens is 433 g/mol. The number of hydrogen-bond acceptors (Lipinski definition) is 3. The number of benzene rings is 2. The number of likely N-dealkylation sites (N-methyl/N-ethyl adjacent to an activating group) is 1. The molecule has 0 aromatic heterocycles. The lowest BCUT2D eigenvalue weighted by atomic mass is 9.85. The monoisotopic (exact) mass is 457 g/mol. The normalized spacial score (nSPS) is 21.9. The van der Waals surface area contributed by atoms with Crippen LogP contribution < -0.4 is 10.2 Å². The van der Waals surface area contributed by atoms with Gasteiger partial charge in [0.25, 0.3) is 0 Å². The highest BCUT2D eigenvalue weighted by Gasteiger charge is 2.44. The molecule has 2 aromatic rings. The number of amides is 2. The lowest BCUT2D eigenvalue weighted by molar-refractivity contribution is -0.125. The van der Waals surface area contributed by atoms with E-state index in [1.165, 1.54) is 6.08 Å². The second-order valence-corrected chi connectivity index (χ2v) is 9.53. The van der Waals surface area contributed by atoms with Crippen molar-refractivity contribution < 1.29 is 9.59 Å². The molecule has 0 bridgehead atoms. The molecule has 0 aliphatic carbocycles. The predicted molar refractivity (Wildman–Crippen MR) is 126 cm³/mol. The number of rotatable bonds is 4. The van der Waals surface area contributed by atoms with Gasteiger partial charge in [0, 0.05) is 31.5 Å². The molecule has 2 aromatic carbocycles. The van der Waals surface area contributed by atoms with E-state index >= 15 is 0 Å². The van der Waals surface area contributed by atoms with Crippen molar-refractivity contribution >= 4 is 46.4 Å². The number of likely N-dealkylation sites (tertiary alicyclic amines) is 1. The van der Waals surface area contributed by atoms with E-state index < -0.39 is 11.0 Å². The Kier molecular flexibility index (Phi) is 5.31. The van der Waals surface area contributed by atoms with Crippen molar-refractivity contribution in [2.24, 2.45) is 0 Å². The quantitative estimate of drug-likeness (QED) is 0.659. The summed E-state index contributed by atoms with van der Waals surface area (Å²) in [7, 11) is 1.79. The second-order valence-electron chi connectivity index (χ2n) is 8.74. The minimum absolute atomic E-state index is 0.0656. The van der Waals surface area contributed by atoms with Gasteiger partial charge in [-0.05, 0) is 55.7 Å². The highest BCUT2D eigenvalue weighted by Crippen LogP contribution is 2.45. The SMILES string of the molecule is C=CC(=O)N1CCC(Nc2ccc3c(c2)N(C)C(=O)C3(C)C)(c2cccc(Cl)c2Cl)C1. The highest BCUT2D eigenvalue weighted by atomic mass is 35.5. The maximum Gasteiger partial charge on any atom is 0.246 e. The summed E-state index contributed by atoms with van der Waals surface area (Å²) in [6, 6.07) is 11.5. The van der Waals surface area contributed by atoms with Crippen LogP contribution in [0.15, 0.2) is 49.1 Å². The Bertz CT molecular complexity index is 1100. The van der Waals surface area contributed by atoms with Gasteiger partial charge >= 0.3 is 0 Å². The van der Waals surface area contributed by atoms with Crippen molar-refractivity contribution in [3.8, 4) is 0 Å². The molecule has 1 unspecified atom stereocenters. The van der Waals surface area contributed by atoms with Gasteiger partial charge in [-0.15, -0.1) is 0 Å². The van der Waals surface area contributed by atoms with Crippen LogP contribution in [0.4, 0.5) is 11.4 Å². The lowest BCUT2D eigenvalue weighted by Crippen LogP contribution is -2.40. The summed E-state index contributed by atoms with van der Waals surface area (Å²) >= 11 is 12.9. The maximum absolute atomic E-state index is 12.7. The van der Waals surface area contributed by atoms with Gasteiger partial charge in [-0.2, -0.15) is 0 Å². The molecule has 2 aliphatic heterocycles. The Balaban J connectivity index is 1.77. The zero-order chi connectivity index (χ0) is 22.6. The van der Waals surface area contributed by atoms with Crippen LogP contribution in [-0.2, 0) is 20.5 Å². The van der Waals surface area contributed by atoms with Crippen molar-refractivity contribution in [2.45, 2.75) is 31.2 Å². The van der Waals surface area contributed by atoms with Crippen LogP contribution in [0.25, 0.3) is 0 Å². The van der Waals surface area contributed by atoms with Crippen LogP contribution in [0, 0.1) is 0 Å². The summed E-state index contributed by atoms with van der Waals surface area (Å²) < 4.78 is 0. The van der Waals surface area contributed by atoms with Gasteiger partial charge in [0.1, 0.15) is 0 Å². The molecule has 7 heteroatoms. The van der Waals surface area contributed by atoms with Crippen LogP contribution >= 0.6 is 23.2 Å². The van der Waals surface area contributed by atoms with Gasteiger partial charge < -0.3 is 15.1 Å². The van der Waals surface area contributed by atoms with E-state index in [1.54, 1.807) is 22.9 Å². The third-order valence-corrected chi connectivity index (χ3v) is 7.30. The molecule has 2 amide bonds. The average molecular weight is 458 g/mol. The van der Waals surface area contributed by atoms with E-state index in [9.17, 15) is 9.59 Å². The zero-order valence-corrected chi connectivity index (χ0v) is 19.3. The van der Waals surface area contributed by atoms with E-state index in [1.807, 2.05) is 44.2 Å². The largest absolute Gasteiger partial charge is 0.374 e. The van der Waals surface area contributed by atoms with Crippen molar-refractivity contribution in [3.63, 3.8) is 0 Å². The summed E-state index contributed by atoms with van der Waals surface area (Å²) in [6.07, 6.45) is 1.98. The molecule has 1 fully saturated rings. The fourth-order valence-electron chi connectivity index (χ4n) is 4.73. The van der Waals surface area contributed by atoms with Crippen LogP contribution in [-0.4, -0.2) is 36.9 Å². The third-order valence-electron chi connectivity index (χ3n) is 6.48. The molecule has 162 valence electrons. The van der Waals surface area contributed by atoms with Gasteiger partial charge in [-0.3, -0.25) is 9.59 Å². The first kappa shape index (κ1) is 21.7. The standard InChI is InChI=1S/C24H25Cl2N3O2/c1-5-20(30)29-12-11-24(14-29,17-7-6-8-18(25)21(17)26)27-15-9-10-16-19(13-15)28(4)22(31)23(16,2)3/h5-10,13,27H,1,11-12,14H2,2-4H3. The van der Waals surface area contributed by atoms with E-state index in [0.717, 1.165) is 22.5 Å². The smallest absolute Gasteiger partial charge is 0.246 e. The fraction of sp³-hybridized carbons (Fsp3) is 0.333. The van der Waals surface area contributed by atoms with Crippen molar-refractivity contribution in [1.82, 2.24) is 4.90 Å².